The van der Waals surface area contributed by atoms with Gasteiger partial charge in [-0.15, -0.1) is 0 Å². The summed E-state index contributed by atoms with van der Waals surface area (Å²) in [6, 6.07) is 4.45. The first-order valence-electron chi connectivity index (χ1n) is 6.45. The van der Waals surface area contributed by atoms with E-state index in [9.17, 15) is 13.2 Å². The normalized spacial score (nSPS) is 23.1. The molecule has 0 radical (unpaired) electrons. The van der Waals surface area contributed by atoms with Crippen LogP contribution in [0.1, 0.15) is 24.5 Å². The summed E-state index contributed by atoms with van der Waals surface area (Å²) in [5, 5.41) is 0.406. The maximum absolute atomic E-state index is 13.2. The topological polar surface area (TPSA) is 12.5 Å². The standard InChI is InChI=1S/C14H17BrF3NO/c1-9-12(5-6-20-9)19(2)13-4-3-10(8-15)7-11(13)14(16,17)18/h3-4,7,9,12H,5-6,8H2,1-2H3. The summed E-state index contributed by atoms with van der Waals surface area (Å²) in [6.45, 7) is 2.49. The quantitative estimate of drug-likeness (QED) is 0.756. The molecule has 0 bridgehead atoms. The Morgan fingerprint density at radius 3 is 2.60 bits per heavy atom. The van der Waals surface area contributed by atoms with Crippen LogP contribution in [0.15, 0.2) is 18.2 Å². The van der Waals surface area contributed by atoms with Crippen LogP contribution >= 0.6 is 15.9 Å². The van der Waals surface area contributed by atoms with E-state index in [0.717, 1.165) is 6.42 Å². The molecule has 0 saturated carbocycles. The smallest absolute Gasteiger partial charge is 0.376 e. The monoisotopic (exact) mass is 351 g/mol. The molecule has 112 valence electrons. The van der Waals surface area contributed by atoms with E-state index in [0.29, 0.717) is 17.5 Å². The highest BCUT2D eigenvalue weighted by Crippen LogP contribution is 2.39. The molecular weight excluding hydrogens is 335 g/mol. The minimum absolute atomic E-state index is 0.0223. The average Bonchev–Trinajstić information content (AvgIpc) is 2.82. The molecule has 1 aromatic rings. The van der Waals surface area contributed by atoms with Crippen molar-refractivity contribution in [2.75, 3.05) is 18.6 Å². The third-order valence-corrected chi connectivity index (χ3v) is 4.38. The molecule has 0 spiro atoms. The van der Waals surface area contributed by atoms with Crippen LogP contribution in [0.25, 0.3) is 0 Å². The molecular formula is C14H17BrF3NO. The Balaban J connectivity index is 2.39. The maximum atomic E-state index is 13.2. The summed E-state index contributed by atoms with van der Waals surface area (Å²) >= 11 is 3.19. The van der Waals surface area contributed by atoms with Gasteiger partial charge in [0.15, 0.2) is 0 Å². The van der Waals surface area contributed by atoms with Crippen LogP contribution in [-0.4, -0.2) is 25.8 Å². The van der Waals surface area contributed by atoms with Crippen molar-refractivity contribution in [3.8, 4) is 0 Å². The van der Waals surface area contributed by atoms with E-state index < -0.39 is 11.7 Å². The molecule has 0 aromatic heterocycles. The first-order valence-corrected chi connectivity index (χ1v) is 7.57. The summed E-state index contributed by atoms with van der Waals surface area (Å²) in [7, 11) is 1.70. The van der Waals surface area contributed by atoms with E-state index >= 15 is 0 Å². The van der Waals surface area contributed by atoms with Gasteiger partial charge in [0, 0.05) is 24.7 Å². The van der Waals surface area contributed by atoms with Crippen molar-refractivity contribution in [3.63, 3.8) is 0 Å². The lowest BCUT2D eigenvalue weighted by Crippen LogP contribution is -2.37. The summed E-state index contributed by atoms with van der Waals surface area (Å²) in [5.41, 5.74) is 0.241. The molecule has 0 N–H and O–H groups in total. The van der Waals surface area contributed by atoms with Crippen LogP contribution in [0.2, 0.25) is 0 Å². The number of ether oxygens (including phenoxy) is 1. The van der Waals surface area contributed by atoms with Crippen LogP contribution in [0, 0.1) is 0 Å². The third kappa shape index (κ3) is 3.11. The maximum Gasteiger partial charge on any atom is 0.418 e. The number of hydrogen-bond acceptors (Lipinski definition) is 2. The molecule has 2 rings (SSSR count). The van der Waals surface area contributed by atoms with Gasteiger partial charge in [0.1, 0.15) is 0 Å². The zero-order valence-electron chi connectivity index (χ0n) is 11.4. The Morgan fingerprint density at radius 2 is 2.10 bits per heavy atom. The minimum Gasteiger partial charge on any atom is -0.376 e. The molecule has 1 fully saturated rings. The van der Waals surface area contributed by atoms with Crippen molar-refractivity contribution in [2.24, 2.45) is 0 Å². The molecule has 0 aliphatic carbocycles. The zero-order valence-corrected chi connectivity index (χ0v) is 13.0. The van der Waals surface area contributed by atoms with Gasteiger partial charge in [-0.2, -0.15) is 13.2 Å². The molecule has 2 nitrogen and oxygen atoms in total. The number of benzene rings is 1. The second kappa shape index (κ2) is 5.93. The molecule has 6 heteroatoms. The molecule has 20 heavy (non-hydrogen) atoms. The lowest BCUT2D eigenvalue weighted by atomic mass is 10.0. The lowest BCUT2D eigenvalue weighted by Gasteiger charge is -2.31. The first-order chi connectivity index (χ1) is 9.34. The SMILES string of the molecule is CC1OCCC1N(C)c1ccc(CBr)cc1C(F)(F)F. The number of hydrogen-bond donors (Lipinski definition) is 0. The number of anilines is 1. The van der Waals surface area contributed by atoms with E-state index in [4.69, 9.17) is 4.74 Å². The fourth-order valence-corrected chi connectivity index (χ4v) is 2.96. The Labute approximate surface area is 125 Å². The summed E-state index contributed by atoms with van der Waals surface area (Å²) in [6.07, 6.45) is -3.67. The van der Waals surface area contributed by atoms with Crippen LogP contribution in [0.3, 0.4) is 0 Å². The Kier molecular flexibility index (Phi) is 4.64. The van der Waals surface area contributed by atoms with Gasteiger partial charge in [-0.25, -0.2) is 0 Å². The van der Waals surface area contributed by atoms with Gasteiger partial charge in [0.25, 0.3) is 0 Å². The second-order valence-corrected chi connectivity index (χ2v) is 5.59. The highest BCUT2D eigenvalue weighted by molar-refractivity contribution is 9.08. The van der Waals surface area contributed by atoms with E-state index in [-0.39, 0.29) is 17.8 Å². The largest absolute Gasteiger partial charge is 0.418 e. The molecule has 2 atom stereocenters. The number of likely N-dealkylation sites (N-methyl/N-ethyl adjacent to an activating group) is 1. The number of alkyl halides is 4. The minimum atomic E-state index is -4.36. The Bertz CT molecular complexity index is 478. The van der Waals surface area contributed by atoms with Crippen LogP contribution in [-0.2, 0) is 16.2 Å². The predicted octanol–water partition coefficient (Wildman–Crippen LogP) is 4.21. The highest BCUT2D eigenvalue weighted by Gasteiger charge is 2.37. The highest BCUT2D eigenvalue weighted by atomic mass is 79.9. The van der Waals surface area contributed by atoms with Gasteiger partial charge in [0.2, 0.25) is 0 Å². The lowest BCUT2D eigenvalue weighted by molar-refractivity contribution is -0.137. The van der Waals surface area contributed by atoms with Crippen molar-refractivity contribution in [1.82, 2.24) is 0 Å². The van der Waals surface area contributed by atoms with Gasteiger partial charge < -0.3 is 9.64 Å². The number of nitrogens with zero attached hydrogens (tertiary/aromatic N) is 1. The molecule has 1 heterocycles. The second-order valence-electron chi connectivity index (χ2n) is 5.03. The number of halogens is 4. The molecule has 2 unspecified atom stereocenters. The van der Waals surface area contributed by atoms with E-state index in [2.05, 4.69) is 15.9 Å². The average molecular weight is 352 g/mol. The summed E-state index contributed by atoms with van der Waals surface area (Å²) < 4.78 is 45.2. The Morgan fingerprint density at radius 1 is 1.40 bits per heavy atom. The predicted molar refractivity (Wildman–Crippen MR) is 76.3 cm³/mol. The zero-order chi connectivity index (χ0) is 14.9. The van der Waals surface area contributed by atoms with E-state index in [1.165, 1.54) is 6.07 Å². The van der Waals surface area contributed by atoms with Gasteiger partial charge in [-0.05, 0) is 31.0 Å². The summed E-state index contributed by atoms with van der Waals surface area (Å²) in [4.78, 5) is 1.69. The molecule has 0 amide bonds. The molecule has 1 aliphatic heterocycles. The van der Waals surface area contributed by atoms with Crippen molar-refractivity contribution in [1.29, 1.82) is 0 Å². The van der Waals surface area contributed by atoms with Crippen LogP contribution in [0.5, 0.6) is 0 Å². The van der Waals surface area contributed by atoms with E-state index in [1.54, 1.807) is 24.1 Å². The molecule has 1 saturated heterocycles. The van der Waals surface area contributed by atoms with Crippen molar-refractivity contribution in [3.05, 3.63) is 29.3 Å². The van der Waals surface area contributed by atoms with E-state index in [1.807, 2.05) is 6.92 Å². The van der Waals surface area contributed by atoms with Gasteiger partial charge >= 0.3 is 6.18 Å². The van der Waals surface area contributed by atoms with Crippen LogP contribution in [0.4, 0.5) is 18.9 Å². The van der Waals surface area contributed by atoms with Crippen LogP contribution < -0.4 is 4.90 Å². The first kappa shape index (κ1) is 15.6. The summed E-state index contributed by atoms with van der Waals surface area (Å²) in [5.74, 6) is 0. The number of rotatable bonds is 3. The van der Waals surface area contributed by atoms with Crippen molar-refractivity contribution >= 4 is 21.6 Å². The van der Waals surface area contributed by atoms with Gasteiger partial charge in [-0.1, -0.05) is 22.0 Å². The Hall–Kier alpha value is -0.750. The molecule has 1 aliphatic rings. The van der Waals surface area contributed by atoms with Crippen molar-refractivity contribution < 1.29 is 17.9 Å². The third-order valence-electron chi connectivity index (χ3n) is 3.73. The fourth-order valence-electron chi connectivity index (χ4n) is 2.61. The van der Waals surface area contributed by atoms with Crippen molar-refractivity contribution in [2.45, 2.75) is 37.0 Å². The van der Waals surface area contributed by atoms with Gasteiger partial charge in [-0.3, -0.25) is 0 Å². The molecule has 1 aromatic carbocycles. The van der Waals surface area contributed by atoms with Gasteiger partial charge in [0.05, 0.1) is 17.7 Å². The fraction of sp³-hybridized carbons (Fsp3) is 0.571.